The van der Waals surface area contributed by atoms with Crippen molar-refractivity contribution >= 4 is 22.8 Å². The number of nitrogens with one attached hydrogen (secondary N) is 1. The fraction of sp³-hybridized carbons (Fsp3) is 0.348. The highest BCUT2D eigenvalue weighted by Gasteiger charge is 2.23. The molecule has 29 heavy (non-hydrogen) atoms. The molecular weight excluding hydrogens is 366 g/mol. The van der Waals surface area contributed by atoms with Gasteiger partial charge in [-0.05, 0) is 48.1 Å². The number of ether oxygens (including phenoxy) is 1. The molecule has 1 saturated carbocycles. The molecule has 2 aromatic carbocycles. The van der Waals surface area contributed by atoms with Crippen LogP contribution in [0.2, 0.25) is 0 Å². The number of benzene rings is 2. The summed E-state index contributed by atoms with van der Waals surface area (Å²) >= 11 is 0. The van der Waals surface area contributed by atoms with Gasteiger partial charge in [-0.2, -0.15) is 0 Å². The molecule has 1 aliphatic rings. The summed E-state index contributed by atoms with van der Waals surface area (Å²) in [5.74, 6) is 0.764. The average molecular weight is 391 g/mol. The Morgan fingerprint density at radius 3 is 2.52 bits per heavy atom. The molecule has 1 heterocycles. The van der Waals surface area contributed by atoms with E-state index in [9.17, 15) is 9.90 Å². The van der Waals surface area contributed by atoms with Gasteiger partial charge in [0.15, 0.2) is 5.75 Å². The van der Waals surface area contributed by atoms with Crippen molar-refractivity contribution in [3.8, 4) is 16.9 Å². The van der Waals surface area contributed by atoms with E-state index in [0.717, 1.165) is 34.9 Å². The Labute approximate surface area is 170 Å². The van der Waals surface area contributed by atoms with Gasteiger partial charge in [0.25, 0.3) is 0 Å². The quantitative estimate of drug-likeness (QED) is 0.630. The molecule has 1 aliphatic carbocycles. The molecule has 0 unspecified atom stereocenters. The predicted octanol–water partition coefficient (Wildman–Crippen LogP) is 5.09. The molecule has 0 radical (unpaired) electrons. The van der Waals surface area contributed by atoms with Crippen LogP contribution in [0, 0.1) is 0 Å². The first-order chi connectivity index (χ1) is 14.1. The Hall–Kier alpha value is -3.15. The van der Waals surface area contributed by atoms with Crippen molar-refractivity contribution in [2.24, 2.45) is 0 Å². The van der Waals surface area contributed by atoms with Gasteiger partial charge in [0, 0.05) is 24.2 Å². The van der Waals surface area contributed by atoms with Crippen molar-refractivity contribution in [2.45, 2.75) is 38.0 Å². The van der Waals surface area contributed by atoms with Crippen molar-refractivity contribution in [1.82, 2.24) is 9.97 Å². The van der Waals surface area contributed by atoms with E-state index in [0.29, 0.717) is 17.6 Å². The summed E-state index contributed by atoms with van der Waals surface area (Å²) in [5.41, 5.74) is 4.14. The summed E-state index contributed by atoms with van der Waals surface area (Å²) in [4.78, 5) is 20.4. The SMILES string of the molecule is CNc1ncc2c(C3CCCCC3)cc(-c3ccc(C(=O)O)cc3)c(OC)c2n1. The minimum atomic E-state index is -0.934. The van der Waals surface area contributed by atoms with Crippen LogP contribution in [0.4, 0.5) is 5.95 Å². The number of rotatable bonds is 5. The highest BCUT2D eigenvalue weighted by Crippen LogP contribution is 2.43. The van der Waals surface area contributed by atoms with Crippen LogP contribution in [-0.4, -0.2) is 35.2 Å². The van der Waals surface area contributed by atoms with Crippen molar-refractivity contribution in [1.29, 1.82) is 0 Å². The van der Waals surface area contributed by atoms with Gasteiger partial charge < -0.3 is 15.2 Å². The predicted molar refractivity (Wildman–Crippen MR) is 114 cm³/mol. The van der Waals surface area contributed by atoms with E-state index in [1.54, 1.807) is 26.3 Å². The molecule has 6 nitrogen and oxygen atoms in total. The molecule has 0 bridgehead atoms. The summed E-state index contributed by atoms with van der Waals surface area (Å²) in [7, 11) is 3.44. The first-order valence-electron chi connectivity index (χ1n) is 10.0. The van der Waals surface area contributed by atoms with E-state index in [2.05, 4.69) is 16.4 Å². The van der Waals surface area contributed by atoms with Crippen molar-refractivity contribution < 1.29 is 14.6 Å². The second kappa shape index (κ2) is 8.07. The van der Waals surface area contributed by atoms with Gasteiger partial charge in [-0.15, -0.1) is 0 Å². The van der Waals surface area contributed by atoms with Gasteiger partial charge >= 0.3 is 5.97 Å². The zero-order valence-corrected chi connectivity index (χ0v) is 16.7. The van der Waals surface area contributed by atoms with Gasteiger partial charge in [-0.25, -0.2) is 14.8 Å². The van der Waals surface area contributed by atoms with Crippen LogP contribution in [-0.2, 0) is 0 Å². The first kappa shape index (κ1) is 19.2. The largest absolute Gasteiger partial charge is 0.494 e. The van der Waals surface area contributed by atoms with Crippen LogP contribution in [0.5, 0.6) is 5.75 Å². The summed E-state index contributed by atoms with van der Waals surface area (Å²) in [6.45, 7) is 0. The number of nitrogens with zero attached hydrogens (tertiary/aromatic N) is 2. The van der Waals surface area contributed by atoms with E-state index < -0.39 is 5.97 Å². The number of methoxy groups -OCH3 is 1. The molecule has 0 spiro atoms. The third-order valence-electron chi connectivity index (χ3n) is 5.77. The molecule has 6 heteroatoms. The molecule has 1 aromatic heterocycles. The number of anilines is 1. The summed E-state index contributed by atoms with van der Waals surface area (Å²) < 4.78 is 5.80. The third kappa shape index (κ3) is 3.62. The van der Waals surface area contributed by atoms with Gasteiger partial charge in [-0.1, -0.05) is 31.4 Å². The van der Waals surface area contributed by atoms with E-state index in [-0.39, 0.29) is 5.56 Å². The third-order valence-corrected chi connectivity index (χ3v) is 5.77. The summed E-state index contributed by atoms with van der Waals surface area (Å²) in [5, 5.41) is 13.2. The number of aromatic nitrogens is 2. The van der Waals surface area contributed by atoms with E-state index in [4.69, 9.17) is 9.72 Å². The summed E-state index contributed by atoms with van der Waals surface area (Å²) in [6.07, 6.45) is 7.96. The molecule has 0 atom stereocenters. The van der Waals surface area contributed by atoms with Crippen LogP contribution >= 0.6 is 0 Å². The lowest BCUT2D eigenvalue weighted by Gasteiger charge is -2.25. The highest BCUT2D eigenvalue weighted by molar-refractivity contribution is 5.96. The normalized spacial score (nSPS) is 14.7. The monoisotopic (exact) mass is 391 g/mol. The van der Waals surface area contributed by atoms with E-state index in [1.165, 1.54) is 24.8 Å². The topological polar surface area (TPSA) is 84.3 Å². The van der Waals surface area contributed by atoms with E-state index in [1.807, 2.05) is 18.3 Å². The van der Waals surface area contributed by atoms with Crippen LogP contribution < -0.4 is 10.1 Å². The molecular formula is C23H25N3O3. The lowest BCUT2D eigenvalue weighted by atomic mass is 9.81. The Bertz CT molecular complexity index is 1040. The maximum Gasteiger partial charge on any atom is 0.335 e. The molecule has 0 amide bonds. The van der Waals surface area contributed by atoms with Gasteiger partial charge in [0.1, 0.15) is 5.52 Å². The molecule has 4 rings (SSSR count). The molecule has 3 aromatic rings. The lowest BCUT2D eigenvalue weighted by molar-refractivity contribution is 0.0697. The van der Waals surface area contributed by atoms with Crippen LogP contribution in [0.3, 0.4) is 0 Å². The maximum atomic E-state index is 11.2. The number of carboxylic acids is 1. The summed E-state index contributed by atoms with van der Waals surface area (Å²) in [6, 6.07) is 9.10. The van der Waals surface area contributed by atoms with Crippen LogP contribution in [0.25, 0.3) is 22.0 Å². The number of hydrogen-bond donors (Lipinski definition) is 2. The Balaban J connectivity index is 1.95. The van der Waals surface area contributed by atoms with Crippen LogP contribution in [0.1, 0.15) is 53.9 Å². The van der Waals surface area contributed by atoms with E-state index >= 15 is 0 Å². The fourth-order valence-corrected chi connectivity index (χ4v) is 4.28. The zero-order chi connectivity index (χ0) is 20.4. The molecule has 1 fully saturated rings. The average Bonchev–Trinajstić information content (AvgIpc) is 2.78. The molecule has 150 valence electrons. The number of carbonyl (C=O) groups is 1. The second-order valence-corrected chi connectivity index (χ2v) is 7.47. The zero-order valence-electron chi connectivity index (χ0n) is 16.7. The Morgan fingerprint density at radius 1 is 1.17 bits per heavy atom. The Morgan fingerprint density at radius 2 is 1.90 bits per heavy atom. The van der Waals surface area contributed by atoms with Crippen LogP contribution in [0.15, 0.2) is 36.5 Å². The highest BCUT2D eigenvalue weighted by atomic mass is 16.5. The number of carboxylic acid groups (broad SMARTS) is 1. The standard InChI is InChI=1S/C23H25N3O3/c1-24-23-25-13-19-17(14-6-4-3-5-7-14)12-18(21(29-2)20(19)26-23)15-8-10-16(11-9-15)22(27)28/h8-14H,3-7H2,1-2H3,(H,27,28)(H,24,25,26). The number of fused-ring (bicyclic) bond motifs is 1. The number of aromatic carboxylic acids is 1. The van der Waals surface area contributed by atoms with Crippen molar-refractivity contribution in [2.75, 3.05) is 19.5 Å². The second-order valence-electron chi connectivity index (χ2n) is 7.47. The molecule has 2 N–H and O–H groups in total. The van der Waals surface area contributed by atoms with Gasteiger partial charge in [0.05, 0.1) is 12.7 Å². The molecule has 0 aliphatic heterocycles. The minimum absolute atomic E-state index is 0.265. The number of hydrogen-bond acceptors (Lipinski definition) is 5. The molecule has 0 saturated heterocycles. The van der Waals surface area contributed by atoms with Crippen molar-refractivity contribution in [3.05, 3.63) is 47.7 Å². The van der Waals surface area contributed by atoms with Gasteiger partial charge in [0.2, 0.25) is 5.95 Å². The maximum absolute atomic E-state index is 11.2. The smallest absolute Gasteiger partial charge is 0.335 e. The van der Waals surface area contributed by atoms with Gasteiger partial charge in [-0.3, -0.25) is 0 Å². The minimum Gasteiger partial charge on any atom is -0.494 e. The fourth-order valence-electron chi connectivity index (χ4n) is 4.28. The van der Waals surface area contributed by atoms with Crippen molar-refractivity contribution in [3.63, 3.8) is 0 Å². The lowest BCUT2D eigenvalue weighted by Crippen LogP contribution is -2.08. The Kier molecular flexibility index (Phi) is 5.34. The first-order valence-corrected chi connectivity index (χ1v) is 10.0.